The van der Waals surface area contributed by atoms with Crippen molar-refractivity contribution in [1.82, 2.24) is 9.44 Å². The lowest BCUT2D eigenvalue weighted by molar-refractivity contribution is 0.580. The van der Waals surface area contributed by atoms with Crippen molar-refractivity contribution in [3.63, 3.8) is 0 Å². The Labute approximate surface area is 66.1 Å². The van der Waals surface area contributed by atoms with Crippen molar-refractivity contribution in [2.45, 2.75) is 0 Å². The van der Waals surface area contributed by atoms with Gasteiger partial charge in [0.25, 0.3) is 0 Å². The zero-order valence-electron chi connectivity index (χ0n) is 6.16. The summed E-state index contributed by atoms with van der Waals surface area (Å²) in [4.78, 5) is 0. The Kier molecular flexibility index (Phi) is 3.42. The van der Waals surface area contributed by atoms with Crippen LogP contribution < -0.4 is 9.44 Å². The van der Waals surface area contributed by atoms with E-state index >= 15 is 0 Å². The van der Waals surface area contributed by atoms with Crippen LogP contribution in [0.4, 0.5) is 0 Å². The van der Waals surface area contributed by atoms with E-state index in [-0.39, 0.29) is 0 Å². The largest absolute Gasteiger partial charge is 0.227 e. The van der Waals surface area contributed by atoms with Gasteiger partial charge in [-0.25, -0.2) is 26.3 Å². The smallest absolute Gasteiger partial charge is 0.217 e. The molecule has 68 valence electrons. The Morgan fingerprint density at radius 3 is 1.36 bits per heavy atom. The summed E-state index contributed by atoms with van der Waals surface area (Å²) in [5.74, 6) is 0. The fraction of sp³-hybridized carbons (Fsp3) is 1.00. The molecule has 0 aromatic rings. The first-order valence-electron chi connectivity index (χ1n) is 2.65. The van der Waals surface area contributed by atoms with Gasteiger partial charge in [-0.3, -0.25) is 0 Å². The summed E-state index contributed by atoms with van der Waals surface area (Å²) < 4.78 is 46.3. The fourth-order valence-electron chi connectivity index (χ4n) is 0.322. The molecule has 0 amide bonds. The highest BCUT2D eigenvalue weighted by atomic mass is 32.3. The number of hydrogen-bond acceptors (Lipinski definition) is 4. The maximum absolute atomic E-state index is 10.6. The highest BCUT2D eigenvalue weighted by Gasteiger charge is 2.18. The molecule has 0 saturated heterocycles. The molecule has 6 nitrogen and oxygen atoms in total. The molecular weight excluding hydrogens is 192 g/mol. The molecule has 0 rings (SSSR count). The van der Waals surface area contributed by atoms with E-state index in [0.29, 0.717) is 0 Å². The normalized spacial score (nSPS) is 13.3. The first-order chi connectivity index (χ1) is 4.83. The van der Waals surface area contributed by atoms with Crippen LogP contribution >= 0.6 is 0 Å². The zero-order valence-corrected chi connectivity index (χ0v) is 7.79. The van der Waals surface area contributed by atoms with E-state index in [1.165, 1.54) is 0 Å². The molecule has 0 unspecified atom stereocenters. The van der Waals surface area contributed by atoms with Crippen LogP contribution in [0.3, 0.4) is 0 Å². The van der Waals surface area contributed by atoms with Crippen LogP contribution in [0.2, 0.25) is 0 Å². The highest BCUT2D eigenvalue weighted by Crippen LogP contribution is 1.89. The molecule has 0 aliphatic rings. The van der Waals surface area contributed by atoms with Crippen molar-refractivity contribution in [2.24, 2.45) is 0 Å². The topological polar surface area (TPSA) is 92.3 Å². The molecule has 8 heteroatoms. The molecule has 0 radical (unpaired) electrons. The molecule has 0 saturated carbocycles. The van der Waals surface area contributed by atoms with E-state index in [1.54, 1.807) is 0 Å². The van der Waals surface area contributed by atoms with Crippen molar-refractivity contribution in [2.75, 3.05) is 19.2 Å². The summed E-state index contributed by atoms with van der Waals surface area (Å²) in [6.07, 6.45) is 0. The van der Waals surface area contributed by atoms with Crippen LogP contribution in [0.1, 0.15) is 0 Å². The van der Waals surface area contributed by atoms with E-state index in [0.717, 1.165) is 14.1 Å². The van der Waals surface area contributed by atoms with Gasteiger partial charge in [-0.05, 0) is 14.1 Å². The number of sulfonamides is 2. The number of rotatable bonds is 4. The lowest BCUT2D eigenvalue weighted by atomic mass is 11.6. The molecule has 0 aromatic carbocycles. The molecule has 2 N–H and O–H groups in total. The predicted octanol–water partition coefficient (Wildman–Crippen LogP) is -1.96. The van der Waals surface area contributed by atoms with Crippen molar-refractivity contribution in [3.05, 3.63) is 0 Å². The molecule has 0 atom stereocenters. The first-order valence-corrected chi connectivity index (χ1v) is 5.96. The maximum atomic E-state index is 10.6. The summed E-state index contributed by atoms with van der Waals surface area (Å²) in [5, 5.41) is -0.938. The van der Waals surface area contributed by atoms with Crippen LogP contribution in [-0.4, -0.2) is 36.0 Å². The van der Waals surface area contributed by atoms with Crippen LogP contribution in [0, 0.1) is 0 Å². The monoisotopic (exact) mass is 202 g/mol. The minimum Gasteiger partial charge on any atom is -0.217 e. The van der Waals surface area contributed by atoms with Crippen LogP contribution in [0.5, 0.6) is 0 Å². The summed E-state index contributed by atoms with van der Waals surface area (Å²) in [6.45, 7) is 0. The first kappa shape index (κ1) is 10.8. The fourth-order valence-corrected chi connectivity index (χ4v) is 2.90. The van der Waals surface area contributed by atoms with Crippen LogP contribution in [0.25, 0.3) is 0 Å². The van der Waals surface area contributed by atoms with Crippen molar-refractivity contribution in [1.29, 1.82) is 0 Å². The molecule has 0 spiro atoms. The summed E-state index contributed by atoms with van der Waals surface area (Å²) in [7, 11) is -5.07. The number of nitrogens with one attached hydrogen (secondary N) is 2. The SMILES string of the molecule is CNS(=O)(=O)CS(=O)(=O)NC. The Morgan fingerprint density at radius 2 is 1.18 bits per heavy atom. The van der Waals surface area contributed by atoms with Gasteiger partial charge >= 0.3 is 0 Å². The van der Waals surface area contributed by atoms with Crippen LogP contribution in [0.15, 0.2) is 0 Å². The highest BCUT2D eigenvalue weighted by molar-refractivity contribution is 8.06. The quantitative estimate of drug-likeness (QED) is 0.554. The lowest BCUT2D eigenvalue weighted by Gasteiger charge is -2.01. The molecule has 0 fully saturated rings. The third-order valence-electron chi connectivity index (χ3n) is 0.932. The van der Waals surface area contributed by atoms with Gasteiger partial charge in [0.05, 0.1) is 0 Å². The second-order valence-electron chi connectivity index (χ2n) is 1.76. The Morgan fingerprint density at radius 1 is 0.909 bits per heavy atom. The molecule has 0 aliphatic carbocycles. The van der Waals surface area contributed by atoms with Gasteiger partial charge in [0.1, 0.15) is 0 Å². The van der Waals surface area contributed by atoms with Crippen molar-refractivity contribution >= 4 is 20.0 Å². The molecule has 11 heavy (non-hydrogen) atoms. The second kappa shape index (κ2) is 3.48. The molecule has 0 heterocycles. The van der Waals surface area contributed by atoms with Gasteiger partial charge in [0.2, 0.25) is 20.0 Å². The average molecular weight is 202 g/mol. The molecule has 0 aromatic heterocycles. The van der Waals surface area contributed by atoms with Gasteiger partial charge in [0.15, 0.2) is 5.08 Å². The summed E-state index contributed by atoms with van der Waals surface area (Å²) in [6, 6.07) is 0. The van der Waals surface area contributed by atoms with Gasteiger partial charge < -0.3 is 0 Å². The average Bonchev–Trinajstić information content (AvgIpc) is 1.86. The predicted molar refractivity (Wildman–Crippen MR) is 40.8 cm³/mol. The Balaban J connectivity index is 4.54. The summed E-state index contributed by atoms with van der Waals surface area (Å²) >= 11 is 0. The van der Waals surface area contributed by atoms with Crippen molar-refractivity contribution in [3.8, 4) is 0 Å². The second-order valence-corrected chi connectivity index (χ2v) is 5.97. The van der Waals surface area contributed by atoms with Gasteiger partial charge in [-0.1, -0.05) is 0 Å². The lowest BCUT2D eigenvalue weighted by Crippen LogP contribution is -2.32. The van der Waals surface area contributed by atoms with Crippen LogP contribution in [-0.2, 0) is 20.0 Å². The standard InChI is InChI=1S/C3H10N2O4S2/c1-4-10(6,7)3-11(8,9)5-2/h4-5H,3H2,1-2H3. The molecule has 0 bridgehead atoms. The van der Waals surface area contributed by atoms with Gasteiger partial charge in [0, 0.05) is 0 Å². The molecule has 0 aliphatic heterocycles. The van der Waals surface area contributed by atoms with E-state index in [2.05, 4.69) is 0 Å². The maximum Gasteiger partial charge on any atom is 0.227 e. The van der Waals surface area contributed by atoms with Gasteiger partial charge in [-0.2, -0.15) is 0 Å². The number of hydrogen-bond donors (Lipinski definition) is 2. The zero-order chi connectivity index (χ0) is 9.12. The van der Waals surface area contributed by atoms with E-state index in [9.17, 15) is 16.8 Å². The minimum atomic E-state index is -3.69. The summed E-state index contributed by atoms with van der Waals surface area (Å²) in [5.41, 5.74) is 0. The van der Waals surface area contributed by atoms with E-state index in [4.69, 9.17) is 0 Å². The van der Waals surface area contributed by atoms with E-state index in [1.807, 2.05) is 9.44 Å². The Bertz CT molecular complexity index is 270. The van der Waals surface area contributed by atoms with E-state index < -0.39 is 25.1 Å². The Hall–Kier alpha value is -0.180. The van der Waals surface area contributed by atoms with Crippen molar-refractivity contribution < 1.29 is 16.8 Å². The van der Waals surface area contributed by atoms with Gasteiger partial charge in [-0.15, -0.1) is 0 Å². The third kappa shape index (κ3) is 4.30. The minimum absolute atomic E-state index is 0.938. The molecular formula is C3H10N2O4S2. The third-order valence-corrected chi connectivity index (χ3v) is 4.66.